The van der Waals surface area contributed by atoms with E-state index in [0.29, 0.717) is 30.1 Å². The number of aliphatic hydroxyl groups is 1. The highest BCUT2D eigenvalue weighted by molar-refractivity contribution is 5.98. The molecular weight excluding hydrogens is 420 g/mol. The molecule has 33 heavy (non-hydrogen) atoms. The van der Waals surface area contributed by atoms with Crippen LogP contribution in [0.4, 0.5) is 0 Å². The fourth-order valence-electron chi connectivity index (χ4n) is 3.90. The zero-order chi connectivity index (χ0) is 24.3. The molecule has 0 radical (unpaired) electrons. The number of pyridine rings is 1. The molecule has 0 unspecified atom stereocenters. The summed E-state index contributed by atoms with van der Waals surface area (Å²) in [6.45, 7) is 4.92. The van der Waals surface area contributed by atoms with Gasteiger partial charge in [0.2, 0.25) is 5.88 Å². The van der Waals surface area contributed by atoms with E-state index in [9.17, 15) is 14.7 Å². The number of aromatic nitrogens is 1. The molecule has 2 amide bonds. The van der Waals surface area contributed by atoms with Gasteiger partial charge in [0.05, 0.1) is 12.6 Å². The van der Waals surface area contributed by atoms with Crippen molar-refractivity contribution in [3.63, 3.8) is 0 Å². The van der Waals surface area contributed by atoms with E-state index in [2.05, 4.69) is 16.8 Å². The number of carbonyl (C=O) groups excluding carboxylic acids is 2. The van der Waals surface area contributed by atoms with Crippen LogP contribution in [-0.2, 0) is 0 Å². The van der Waals surface area contributed by atoms with Gasteiger partial charge < -0.3 is 24.5 Å². The predicted octanol–water partition coefficient (Wildman–Crippen LogP) is 2.23. The summed E-state index contributed by atoms with van der Waals surface area (Å²) in [5.74, 6) is 0.0741. The summed E-state index contributed by atoms with van der Waals surface area (Å²) in [6.07, 6.45) is 1.53. The maximum atomic E-state index is 13.5. The van der Waals surface area contributed by atoms with Crippen LogP contribution in [0.1, 0.15) is 34.6 Å². The molecular formula is C25H34N4O4. The number of hydrogen-bond acceptors (Lipinski definition) is 6. The number of aliphatic hydroxyl groups excluding tert-OH is 1. The Morgan fingerprint density at radius 1 is 1.21 bits per heavy atom. The third-order valence-corrected chi connectivity index (χ3v) is 5.94. The van der Waals surface area contributed by atoms with E-state index >= 15 is 0 Å². The number of nitrogens with zero attached hydrogens (tertiary/aromatic N) is 4. The van der Waals surface area contributed by atoms with Crippen molar-refractivity contribution in [1.82, 2.24) is 19.7 Å². The van der Waals surface area contributed by atoms with Gasteiger partial charge >= 0.3 is 0 Å². The Morgan fingerprint density at radius 3 is 2.45 bits per heavy atom. The first kappa shape index (κ1) is 24.7. The summed E-state index contributed by atoms with van der Waals surface area (Å²) in [7, 11) is 7.39. The molecule has 1 aliphatic rings. The van der Waals surface area contributed by atoms with E-state index in [1.165, 1.54) is 4.90 Å². The largest absolute Gasteiger partial charge is 0.472 e. The lowest BCUT2D eigenvalue weighted by Gasteiger charge is -2.37. The van der Waals surface area contributed by atoms with Gasteiger partial charge in [0.25, 0.3) is 11.8 Å². The van der Waals surface area contributed by atoms with Crippen LogP contribution in [-0.4, -0.2) is 96.6 Å². The first-order valence-corrected chi connectivity index (χ1v) is 11.2. The molecule has 3 atom stereocenters. The molecule has 1 aliphatic heterocycles. The van der Waals surface area contributed by atoms with Gasteiger partial charge in [-0.15, -0.1) is 0 Å². The molecule has 3 rings (SSSR count). The molecule has 0 bridgehead atoms. The monoisotopic (exact) mass is 454 g/mol. The highest BCUT2D eigenvalue weighted by Gasteiger charge is 2.34. The molecule has 2 heterocycles. The minimum Gasteiger partial charge on any atom is -0.472 e. The highest BCUT2D eigenvalue weighted by Crippen LogP contribution is 2.30. The summed E-state index contributed by atoms with van der Waals surface area (Å²) in [5, 5.41) is 9.77. The second kappa shape index (κ2) is 10.3. The topological polar surface area (TPSA) is 86.2 Å². The number of ether oxygens (including phenoxy) is 1. The molecule has 8 heteroatoms. The van der Waals surface area contributed by atoms with Crippen LogP contribution in [0.5, 0.6) is 5.88 Å². The van der Waals surface area contributed by atoms with Gasteiger partial charge in [-0.05, 0) is 44.8 Å². The van der Waals surface area contributed by atoms with Crippen molar-refractivity contribution in [2.75, 3.05) is 47.9 Å². The van der Waals surface area contributed by atoms with E-state index in [0.717, 1.165) is 11.1 Å². The molecule has 8 nitrogen and oxygen atoms in total. The van der Waals surface area contributed by atoms with E-state index in [1.54, 1.807) is 43.4 Å². The number of benzene rings is 1. The quantitative estimate of drug-likeness (QED) is 0.721. The number of rotatable bonds is 6. The standard InChI is InChI=1S/C25H34N4O4/c1-16-13-29(17(2)15-30)25(32)21-11-20(12-26-23(21)33-22(16)14-27(3)4)18-7-9-19(10-8-18)24(31)28(5)6/h7-12,16-17,22,30H,13-15H2,1-6H3/t16-,17-,22+/m1/s1. The molecule has 0 aliphatic carbocycles. The minimum atomic E-state index is -0.328. The predicted molar refractivity (Wildman–Crippen MR) is 127 cm³/mol. The van der Waals surface area contributed by atoms with Gasteiger partial charge in [0.1, 0.15) is 11.7 Å². The lowest BCUT2D eigenvalue weighted by atomic mass is 9.99. The number of fused-ring (bicyclic) bond motifs is 1. The van der Waals surface area contributed by atoms with Crippen molar-refractivity contribution in [1.29, 1.82) is 0 Å². The van der Waals surface area contributed by atoms with Crippen LogP contribution >= 0.6 is 0 Å². The van der Waals surface area contributed by atoms with Crippen LogP contribution in [0.2, 0.25) is 0 Å². The van der Waals surface area contributed by atoms with Crippen molar-refractivity contribution in [2.45, 2.75) is 26.0 Å². The molecule has 0 saturated carbocycles. The maximum Gasteiger partial charge on any atom is 0.259 e. The molecule has 1 aromatic carbocycles. The molecule has 0 fully saturated rings. The average Bonchev–Trinajstić information content (AvgIpc) is 2.79. The van der Waals surface area contributed by atoms with Gasteiger partial charge in [-0.25, -0.2) is 4.98 Å². The summed E-state index contributed by atoms with van der Waals surface area (Å²) >= 11 is 0. The van der Waals surface area contributed by atoms with Gasteiger partial charge in [-0.1, -0.05) is 19.1 Å². The van der Waals surface area contributed by atoms with Crippen LogP contribution < -0.4 is 4.74 Å². The molecule has 178 valence electrons. The summed E-state index contributed by atoms with van der Waals surface area (Å²) in [6, 6.07) is 8.68. The third-order valence-electron chi connectivity index (χ3n) is 5.94. The maximum absolute atomic E-state index is 13.5. The normalized spacial score (nSPS) is 19.4. The van der Waals surface area contributed by atoms with E-state index < -0.39 is 0 Å². The first-order chi connectivity index (χ1) is 15.6. The summed E-state index contributed by atoms with van der Waals surface area (Å²) in [5.41, 5.74) is 2.56. The smallest absolute Gasteiger partial charge is 0.259 e. The van der Waals surface area contributed by atoms with E-state index in [-0.39, 0.29) is 36.5 Å². The minimum absolute atomic E-state index is 0.0572. The first-order valence-electron chi connectivity index (χ1n) is 11.2. The highest BCUT2D eigenvalue weighted by atomic mass is 16.5. The fraction of sp³-hybridized carbons (Fsp3) is 0.480. The number of carbonyl (C=O) groups is 2. The van der Waals surface area contributed by atoms with Crippen molar-refractivity contribution in [3.8, 4) is 17.0 Å². The van der Waals surface area contributed by atoms with Crippen molar-refractivity contribution in [3.05, 3.63) is 47.7 Å². The lowest BCUT2D eigenvalue weighted by molar-refractivity contribution is 0.0348. The van der Waals surface area contributed by atoms with Gasteiger partial charge in [-0.2, -0.15) is 0 Å². The van der Waals surface area contributed by atoms with Crippen LogP contribution in [0, 0.1) is 5.92 Å². The van der Waals surface area contributed by atoms with Crippen LogP contribution in [0.3, 0.4) is 0 Å². The van der Waals surface area contributed by atoms with Crippen LogP contribution in [0.15, 0.2) is 36.5 Å². The Morgan fingerprint density at radius 2 is 1.88 bits per heavy atom. The van der Waals surface area contributed by atoms with E-state index in [4.69, 9.17) is 4.74 Å². The Balaban J connectivity index is 2.02. The van der Waals surface area contributed by atoms with Crippen LogP contribution in [0.25, 0.3) is 11.1 Å². The second-order valence-electron chi connectivity index (χ2n) is 9.24. The second-order valence-corrected chi connectivity index (χ2v) is 9.24. The van der Waals surface area contributed by atoms with Crippen molar-refractivity contribution < 1.29 is 19.4 Å². The van der Waals surface area contributed by atoms with Crippen molar-refractivity contribution in [2.24, 2.45) is 5.92 Å². The molecule has 2 aromatic rings. The molecule has 1 N–H and O–H groups in total. The SMILES string of the molecule is C[C@@H]1CN([C@H](C)CO)C(=O)c2cc(-c3ccc(C(=O)N(C)C)cc3)cnc2O[C@H]1CN(C)C. The number of likely N-dealkylation sites (N-methyl/N-ethyl adjacent to an activating group) is 1. The Bertz CT molecular complexity index is 990. The van der Waals surface area contributed by atoms with E-state index in [1.807, 2.05) is 33.2 Å². The van der Waals surface area contributed by atoms with Crippen molar-refractivity contribution >= 4 is 11.8 Å². The lowest BCUT2D eigenvalue weighted by Crippen LogP contribution is -2.49. The zero-order valence-corrected chi connectivity index (χ0v) is 20.3. The average molecular weight is 455 g/mol. The Kier molecular flexibility index (Phi) is 7.71. The Hall–Kier alpha value is -2.97. The molecule has 0 spiro atoms. The molecule has 0 saturated heterocycles. The fourth-order valence-corrected chi connectivity index (χ4v) is 3.90. The van der Waals surface area contributed by atoms with Gasteiger partial charge in [0, 0.05) is 50.4 Å². The third kappa shape index (κ3) is 5.51. The van der Waals surface area contributed by atoms with Gasteiger partial charge in [0.15, 0.2) is 0 Å². The van der Waals surface area contributed by atoms with Gasteiger partial charge in [-0.3, -0.25) is 9.59 Å². The summed E-state index contributed by atoms with van der Waals surface area (Å²) in [4.78, 5) is 35.5. The number of hydrogen-bond donors (Lipinski definition) is 1. The summed E-state index contributed by atoms with van der Waals surface area (Å²) < 4.78 is 6.25. The zero-order valence-electron chi connectivity index (χ0n) is 20.3. The Labute approximate surface area is 195 Å². The number of amides is 2. The molecule has 1 aromatic heterocycles.